The largest absolute Gasteiger partial charge is 0.472 e. The van der Waals surface area contributed by atoms with Crippen molar-refractivity contribution < 1.29 is 43.0 Å². The summed E-state index contributed by atoms with van der Waals surface area (Å²) in [5.74, 6) is -0.390. The quantitative estimate of drug-likeness (QED) is 0.0241. The molecule has 0 fully saturated rings. The first-order chi connectivity index (χ1) is 25.8. The molecular weight excluding hydrogens is 691 g/mol. The summed E-state index contributed by atoms with van der Waals surface area (Å²) in [6, 6.07) is 0. The van der Waals surface area contributed by atoms with Crippen LogP contribution in [0.3, 0.4) is 0 Å². The molecule has 3 N–H and O–H groups in total. The van der Waals surface area contributed by atoms with Crippen LogP contribution in [0.15, 0.2) is 48.6 Å². The molecule has 0 aliphatic carbocycles. The van der Waals surface area contributed by atoms with Crippen LogP contribution in [0.5, 0.6) is 0 Å². The number of esters is 1. The van der Waals surface area contributed by atoms with Crippen LogP contribution < -0.4 is 0 Å². The number of hydrogen-bond donors (Lipinski definition) is 3. The van der Waals surface area contributed by atoms with Crippen molar-refractivity contribution in [1.82, 2.24) is 0 Å². The lowest BCUT2D eigenvalue weighted by Gasteiger charge is -2.20. The summed E-state index contributed by atoms with van der Waals surface area (Å²) < 4.78 is 33.3. The Kier molecular flexibility index (Phi) is 38.9. The van der Waals surface area contributed by atoms with E-state index in [2.05, 4.69) is 62.5 Å². The third-order valence-electron chi connectivity index (χ3n) is 8.78. The topological polar surface area (TPSA) is 132 Å². The minimum Gasteiger partial charge on any atom is -0.457 e. The van der Waals surface area contributed by atoms with Gasteiger partial charge < -0.3 is 24.6 Å². The lowest BCUT2D eigenvalue weighted by atomic mass is 10.0. The molecular formula is C43H79O9P. The van der Waals surface area contributed by atoms with E-state index >= 15 is 0 Å². The van der Waals surface area contributed by atoms with Gasteiger partial charge in [0.1, 0.15) is 12.2 Å². The predicted octanol–water partition coefficient (Wildman–Crippen LogP) is 11.4. The lowest BCUT2D eigenvalue weighted by Crippen LogP contribution is -2.29. The fourth-order valence-corrected chi connectivity index (χ4v) is 6.37. The zero-order chi connectivity index (χ0) is 38.9. The number of rotatable bonds is 40. The van der Waals surface area contributed by atoms with Gasteiger partial charge in [0.2, 0.25) is 0 Å². The summed E-state index contributed by atoms with van der Waals surface area (Å²) >= 11 is 0. The average molecular weight is 771 g/mol. The van der Waals surface area contributed by atoms with Gasteiger partial charge in [-0.25, -0.2) is 4.57 Å². The first-order valence-electron chi connectivity index (χ1n) is 21.1. The Morgan fingerprint density at radius 1 is 0.604 bits per heavy atom. The minimum atomic E-state index is -4.52. The molecule has 0 aromatic heterocycles. The van der Waals surface area contributed by atoms with Crippen molar-refractivity contribution in [1.29, 1.82) is 0 Å². The summed E-state index contributed by atoms with van der Waals surface area (Å²) in [5.41, 5.74) is 0. The minimum absolute atomic E-state index is 0.0373. The highest BCUT2D eigenvalue weighted by molar-refractivity contribution is 7.47. The molecule has 9 nitrogen and oxygen atoms in total. The standard InChI is InChI=1S/C43H79O9P/c1-3-5-7-9-11-13-15-17-19-20-21-22-24-26-28-30-32-34-36-49-39-42(40-51-53(47,48)50-38-41(45)37-44)52-43(46)35-33-31-29-27-25-23-18-16-14-12-10-8-6-4-2/h5,7,11,13,17,19,21-22,41-42,44-45H,3-4,6,8-10,12,14-16,18,20,23-40H2,1-2H3,(H,47,48)/b7-5-,13-11-,19-17-,22-21-. The maximum Gasteiger partial charge on any atom is 0.472 e. The number of unbranched alkanes of at least 4 members (excludes halogenated alkanes) is 18. The molecule has 0 saturated carbocycles. The molecule has 0 aromatic rings. The second-order valence-electron chi connectivity index (χ2n) is 14.0. The molecule has 53 heavy (non-hydrogen) atoms. The average Bonchev–Trinajstić information content (AvgIpc) is 3.15. The molecule has 3 unspecified atom stereocenters. The normalized spacial score (nSPS) is 14.6. The molecule has 0 aliphatic heterocycles. The van der Waals surface area contributed by atoms with Crippen molar-refractivity contribution >= 4 is 13.8 Å². The zero-order valence-corrected chi connectivity index (χ0v) is 34.6. The van der Waals surface area contributed by atoms with Crippen molar-refractivity contribution in [3.8, 4) is 0 Å². The third kappa shape index (κ3) is 39.9. The Bertz CT molecular complexity index is 965. The summed E-state index contributed by atoms with van der Waals surface area (Å²) in [6.45, 7) is 3.36. The van der Waals surface area contributed by atoms with Crippen LogP contribution in [0.1, 0.15) is 174 Å². The van der Waals surface area contributed by atoms with Crippen molar-refractivity contribution in [2.75, 3.05) is 33.0 Å². The van der Waals surface area contributed by atoms with Crippen LogP contribution in [-0.2, 0) is 27.9 Å². The van der Waals surface area contributed by atoms with Gasteiger partial charge in [-0.1, -0.05) is 165 Å². The molecule has 0 saturated heterocycles. The van der Waals surface area contributed by atoms with Gasteiger partial charge in [0.05, 0.1) is 26.4 Å². The number of carbonyl (C=O) groups is 1. The molecule has 10 heteroatoms. The van der Waals surface area contributed by atoms with Gasteiger partial charge >= 0.3 is 13.8 Å². The van der Waals surface area contributed by atoms with Gasteiger partial charge in [0.25, 0.3) is 0 Å². The highest BCUT2D eigenvalue weighted by atomic mass is 31.2. The lowest BCUT2D eigenvalue weighted by molar-refractivity contribution is -0.154. The number of phosphoric ester groups is 1. The number of hydrogen-bond acceptors (Lipinski definition) is 8. The van der Waals surface area contributed by atoms with E-state index in [1.807, 2.05) is 0 Å². The number of aliphatic hydroxyl groups is 2. The molecule has 3 atom stereocenters. The first kappa shape index (κ1) is 51.4. The zero-order valence-electron chi connectivity index (χ0n) is 33.7. The Morgan fingerprint density at radius 3 is 1.62 bits per heavy atom. The van der Waals surface area contributed by atoms with Crippen LogP contribution in [0, 0.1) is 0 Å². The predicted molar refractivity (Wildman–Crippen MR) is 219 cm³/mol. The van der Waals surface area contributed by atoms with Crippen LogP contribution in [0.25, 0.3) is 0 Å². The molecule has 0 aromatic carbocycles. The van der Waals surface area contributed by atoms with E-state index < -0.39 is 39.2 Å². The van der Waals surface area contributed by atoms with E-state index in [4.69, 9.17) is 23.6 Å². The first-order valence-corrected chi connectivity index (χ1v) is 22.6. The molecule has 0 amide bonds. The van der Waals surface area contributed by atoms with Crippen LogP contribution in [0.2, 0.25) is 0 Å². The van der Waals surface area contributed by atoms with Crippen LogP contribution >= 0.6 is 7.82 Å². The van der Waals surface area contributed by atoms with Crippen molar-refractivity contribution in [3.05, 3.63) is 48.6 Å². The Morgan fingerprint density at radius 2 is 1.08 bits per heavy atom. The van der Waals surface area contributed by atoms with Gasteiger partial charge in [-0.15, -0.1) is 0 Å². The SMILES string of the molecule is CC/C=C\C/C=C\C/C=C\C/C=C\CCCCCCCOCC(COP(=O)(O)OCC(O)CO)OC(=O)CCCCCCCCCCCCCCCC. The molecule has 0 heterocycles. The summed E-state index contributed by atoms with van der Waals surface area (Å²) in [6.07, 6.45) is 43.5. The number of ether oxygens (including phenoxy) is 2. The second-order valence-corrected chi connectivity index (χ2v) is 15.4. The van der Waals surface area contributed by atoms with Gasteiger partial charge in [0.15, 0.2) is 0 Å². The van der Waals surface area contributed by atoms with Crippen molar-refractivity contribution in [2.24, 2.45) is 0 Å². The number of carbonyl (C=O) groups excluding carboxylic acids is 1. The third-order valence-corrected chi connectivity index (χ3v) is 9.73. The summed E-state index contributed by atoms with van der Waals surface area (Å²) in [4.78, 5) is 22.5. The van der Waals surface area contributed by atoms with E-state index in [0.717, 1.165) is 83.5 Å². The Labute approximate surface area is 324 Å². The van der Waals surface area contributed by atoms with Crippen LogP contribution in [-0.4, -0.2) is 66.3 Å². The van der Waals surface area contributed by atoms with E-state index in [1.54, 1.807) is 0 Å². The fraction of sp³-hybridized carbons (Fsp3) is 0.791. The second kappa shape index (κ2) is 40.1. The van der Waals surface area contributed by atoms with Gasteiger partial charge in [0, 0.05) is 13.0 Å². The molecule has 0 radical (unpaired) electrons. The Hall–Kier alpha value is -1.58. The molecule has 0 spiro atoms. The van der Waals surface area contributed by atoms with Gasteiger partial charge in [-0.2, -0.15) is 0 Å². The number of phosphoric acid groups is 1. The van der Waals surface area contributed by atoms with E-state index in [1.165, 1.54) is 70.6 Å². The van der Waals surface area contributed by atoms with Crippen molar-refractivity contribution in [3.63, 3.8) is 0 Å². The van der Waals surface area contributed by atoms with Gasteiger partial charge in [-0.05, 0) is 51.4 Å². The van der Waals surface area contributed by atoms with E-state index in [9.17, 15) is 19.4 Å². The van der Waals surface area contributed by atoms with Crippen LogP contribution in [0.4, 0.5) is 0 Å². The monoisotopic (exact) mass is 771 g/mol. The van der Waals surface area contributed by atoms with Gasteiger partial charge in [-0.3, -0.25) is 13.8 Å². The van der Waals surface area contributed by atoms with E-state index in [0.29, 0.717) is 6.61 Å². The maximum atomic E-state index is 12.6. The highest BCUT2D eigenvalue weighted by Crippen LogP contribution is 2.43. The number of allylic oxidation sites excluding steroid dienone is 8. The molecule has 0 bridgehead atoms. The number of aliphatic hydroxyl groups excluding tert-OH is 2. The van der Waals surface area contributed by atoms with E-state index in [-0.39, 0.29) is 19.6 Å². The maximum absolute atomic E-state index is 12.6. The van der Waals surface area contributed by atoms with Crippen molar-refractivity contribution in [2.45, 2.75) is 187 Å². The molecule has 310 valence electrons. The molecule has 0 rings (SSSR count). The fourth-order valence-electron chi connectivity index (χ4n) is 5.58. The summed E-state index contributed by atoms with van der Waals surface area (Å²) in [7, 11) is -4.52. The molecule has 0 aliphatic rings. The Balaban J connectivity index is 4.21. The summed E-state index contributed by atoms with van der Waals surface area (Å²) in [5, 5.41) is 18.3. The smallest absolute Gasteiger partial charge is 0.457 e. The highest BCUT2D eigenvalue weighted by Gasteiger charge is 2.26.